The monoisotopic (exact) mass is 494 g/mol. The van der Waals surface area contributed by atoms with Crippen LogP contribution in [0.25, 0.3) is 0 Å². The van der Waals surface area contributed by atoms with E-state index in [1.807, 2.05) is 39.8 Å². The SMILES string of the molecule is C=CC(=O)OCCCCCCOc1ccc(OC(=O)C2CCC(C)CC2)cc1.CC.CC.O=CO. The predicted octanol–water partition coefficient (Wildman–Crippen LogP) is 6.84. The first-order valence-electron chi connectivity index (χ1n) is 12.8. The van der Waals surface area contributed by atoms with Crippen molar-refractivity contribution in [2.24, 2.45) is 11.8 Å². The molecule has 0 spiro atoms. The molecule has 0 radical (unpaired) electrons. The highest BCUT2D eigenvalue weighted by molar-refractivity contribution is 5.81. The van der Waals surface area contributed by atoms with Crippen molar-refractivity contribution in [3.05, 3.63) is 36.9 Å². The number of unbranched alkanes of at least 4 members (excludes halogenated alkanes) is 3. The van der Waals surface area contributed by atoms with Gasteiger partial charge in [-0.2, -0.15) is 0 Å². The third-order valence-corrected chi connectivity index (χ3v) is 5.11. The van der Waals surface area contributed by atoms with E-state index >= 15 is 0 Å². The fraction of sp³-hybridized carbons (Fsp3) is 0.607. The third-order valence-electron chi connectivity index (χ3n) is 5.11. The van der Waals surface area contributed by atoms with Crippen molar-refractivity contribution in [3.63, 3.8) is 0 Å². The zero-order valence-corrected chi connectivity index (χ0v) is 22.3. The first-order valence-corrected chi connectivity index (χ1v) is 12.8. The number of carbonyl (C=O) groups is 3. The zero-order chi connectivity index (χ0) is 26.9. The van der Waals surface area contributed by atoms with E-state index in [9.17, 15) is 9.59 Å². The average molecular weight is 495 g/mol. The van der Waals surface area contributed by atoms with Crippen molar-refractivity contribution in [1.82, 2.24) is 0 Å². The molecule has 0 aliphatic heterocycles. The number of ether oxygens (including phenoxy) is 3. The zero-order valence-electron chi connectivity index (χ0n) is 22.3. The molecular weight excluding hydrogens is 448 g/mol. The van der Waals surface area contributed by atoms with Crippen LogP contribution in [0.2, 0.25) is 0 Å². The van der Waals surface area contributed by atoms with Crippen LogP contribution in [-0.2, 0) is 19.1 Å². The van der Waals surface area contributed by atoms with Gasteiger partial charge in [-0.25, -0.2) is 4.79 Å². The first kappa shape index (κ1) is 34.3. The molecule has 0 aromatic heterocycles. The van der Waals surface area contributed by atoms with Gasteiger partial charge in [-0.1, -0.05) is 41.2 Å². The fourth-order valence-electron chi connectivity index (χ4n) is 3.28. The second kappa shape index (κ2) is 24.3. The molecule has 1 aliphatic rings. The summed E-state index contributed by atoms with van der Waals surface area (Å²) in [5.74, 6) is 1.61. The van der Waals surface area contributed by atoms with E-state index in [2.05, 4.69) is 13.5 Å². The van der Waals surface area contributed by atoms with Crippen molar-refractivity contribution in [2.45, 2.75) is 86.0 Å². The lowest BCUT2D eigenvalue weighted by molar-refractivity contribution is -0.140. The molecule has 0 amide bonds. The van der Waals surface area contributed by atoms with Crippen LogP contribution in [0.4, 0.5) is 0 Å². The van der Waals surface area contributed by atoms with E-state index in [4.69, 9.17) is 24.1 Å². The van der Waals surface area contributed by atoms with Gasteiger partial charge < -0.3 is 19.3 Å². The Bertz CT molecular complexity index is 662. The Morgan fingerprint density at radius 1 is 0.914 bits per heavy atom. The van der Waals surface area contributed by atoms with Crippen LogP contribution in [0.1, 0.15) is 86.0 Å². The molecule has 7 nitrogen and oxygen atoms in total. The number of carboxylic acid groups (broad SMARTS) is 1. The summed E-state index contributed by atoms with van der Waals surface area (Å²) in [6.45, 7) is 14.4. The summed E-state index contributed by atoms with van der Waals surface area (Å²) in [6, 6.07) is 7.24. The lowest BCUT2D eigenvalue weighted by Gasteiger charge is -2.24. The summed E-state index contributed by atoms with van der Waals surface area (Å²) in [5, 5.41) is 6.89. The number of esters is 2. The molecule has 0 heterocycles. The summed E-state index contributed by atoms with van der Waals surface area (Å²) in [6.07, 6.45) is 9.03. The van der Waals surface area contributed by atoms with Crippen molar-refractivity contribution >= 4 is 18.4 Å². The second-order valence-electron chi connectivity index (χ2n) is 7.59. The van der Waals surface area contributed by atoms with Crippen LogP contribution >= 0.6 is 0 Å². The Balaban J connectivity index is 0. The molecular formula is C28H46O7. The smallest absolute Gasteiger partial charge is 0.330 e. The van der Waals surface area contributed by atoms with Gasteiger partial charge in [-0.3, -0.25) is 9.59 Å². The highest BCUT2D eigenvalue weighted by atomic mass is 16.5. The molecule has 0 bridgehead atoms. The Morgan fingerprint density at radius 3 is 1.91 bits per heavy atom. The van der Waals surface area contributed by atoms with Gasteiger partial charge >= 0.3 is 11.9 Å². The maximum absolute atomic E-state index is 12.2. The quantitative estimate of drug-likeness (QED) is 0.118. The van der Waals surface area contributed by atoms with E-state index in [0.717, 1.165) is 63.0 Å². The van der Waals surface area contributed by atoms with E-state index in [0.29, 0.717) is 19.0 Å². The lowest BCUT2D eigenvalue weighted by atomic mass is 9.83. The molecule has 1 aliphatic carbocycles. The van der Waals surface area contributed by atoms with Crippen molar-refractivity contribution in [1.29, 1.82) is 0 Å². The van der Waals surface area contributed by atoms with Crippen LogP contribution in [0, 0.1) is 11.8 Å². The van der Waals surface area contributed by atoms with Gasteiger partial charge in [0.2, 0.25) is 0 Å². The minimum absolute atomic E-state index is 0.0346. The molecule has 1 aromatic carbocycles. The summed E-state index contributed by atoms with van der Waals surface area (Å²) in [4.78, 5) is 31.5. The minimum Gasteiger partial charge on any atom is -0.494 e. The minimum atomic E-state index is -0.370. The molecule has 2 rings (SSSR count). The van der Waals surface area contributed by atoms with Crippen LogP contribution in [0.3, 0.4) is 0 Å². The largest absolute Gasteiger partial charge is 0.494 e. The summed E-state index contributed by atoms with van der Waals surface area (Å²) >= 11 is 0. The predicted molar refractivity (Wildman–Crippen MR) is 140 cm³/mol. The van der Waals surface area contributed by atoms with Crippen LogP contribution in [0.5, 0.6) is 11.5 Å². The fourth-order valence-corrected chi connectivity index (χ4v) is 3.28. The van der Waals surface area contributed by atoms with Crippen molar-refractivity contribution in [2.75, 3.05) is 13.2 Å². The molecule has 0 unspecified atom stereocenters. The van der Waals surface area contributed by atoms with E-state index in [1.54, 1.807) is 12.1 Å². The number of rotatable bonds is 11. The van der Waals surface area contributed by atoms with Crippen molar-refractivity contribution < 1.29 is 33.7 Å². The normalized spacial score (nSPS) is 15.8. The Hall–Kier alpha value is -2.83. The number of benzene rings is 1. The lowest BCUT2D eigenvalue weighted by Crippen LogP contribution is -2.24. The molecule has 1 N–H and O–H groups in total. The number of hydrogen-bond donors (Lipinski definition) is 1. The molecule has 200 valence electrons. The molecule has 35 heavy (non-hydrogen) atoms. The van der Waals surface area contributed by atoms with Crippen LogP contribution in [-0.4, -0.2) is 36.7 Å². The highest BCUT2D eigenvalue weighted by Gasteiger charge is 2.25. The molecule has 1 saturated carbocycles. The molecule has 1 fully saturated rings. The Kier molecular flexibility index (Phi) is 23.8. The van der Waals surface area contributed by atoms with Gasteiger partial charge in [-0.15, -0.1) is 0 Å². The first-order chi connectivity index (χ1) is 17.0. The second-order valence-corrected chi connectivity index (χ2v) is 7.59. The molecule has 0 saturated heterocycles. The summed E-state index contributed by atoms with van der Waals surface area (Å²) in [7, 11) is 0. The topological polar surface area (TPSA) is 99.1 Å². The molecule has 7 heteroatoms. The highest BCUT2D eigenvalue weighted by Crippen LogP contribution is 2.29. The summed E-state index contributed by atoms with van der Waals surface area (Å²) in [5.41, 5.74) is 0. The van der Waals surface area contributed by atoms with Gasteiger partial charge in [0.05, 0.1) is 19.1 Å². The summed E-state index contributed by atoms with van der Waals surface area (Å²) < 4.78 is 16.2. The van der Waals surface area contributed by atoms with E-state index in [-0.39, 0.29) is 24.3 Å². The van der Waals surface area contributed by atoms with Crippen LogP contribution in [0.15, 0.2) is 36.9 Å². The molecule has 0 atom stereocenters. The van der Waals surface area contributed by atoms with E-state index < -0.39 is 0 Å². The number of carbonyl (C=O) groups excluding carboxylic acids is 2. The number of hydrogen-bond acceptors (Lipinski definition) is 6. The van der Waals surface area contributed by atoms with Crippen LogP contribution < -0.4 is 9.47 Å². The maximum Gasteiger partial charge on any atom is 0.330 e. The van der Waals surface area contributed by atoms with Gasteiger partial charge in [0.25, 0.3) is 6.47 Å². The van der Waals surface area contributed by atoms with Gasteiger partial charge in [0, 0.05) is 6.08 Å². The standard InChI is InChI=1S/C23H32O5.2C2H6.CH2O2/c1-3-22(24)27-17-7-5-4-6-16-26-20-12-14-21(15-13-20)28-23(25)19-10-8-18(2)9-11-19;2*1-2;2-1-3/h3,12-15,18-19H,1,4-11,16-17H2,2H3;2*1-2H3;1H,(H,2,3). The maximum atomic E-state index is 12.2. The van der Waals surface area contributed by atoms with Gasteiger partial charge in [0.1, 0.15) is 11.5 Å². The average Bonchev–Trinajstić information content (AvgIpc) is 2.89. The van der Waals surface area contributed by atoms with Crippen molar-refractivity contribution in [3.8, 4) is 11.5 Å². The Morgan fingerprint density at radius 2 is 1.40 bits per heavy atom. The van der Waals surface area contributed by atoms with E-state index in [1.165, 1.54) is 6.08 Å². The van der Waals surface area contributed by atoms with Gasteiger partial charge in [0.15, 0.2) is 0 Å². The third kappa shape index (κ3) is 18.2. The molecule has 1 aromatic rings. The Labute approximate surface area is 211 Å². The van der Waals surface area contributed by atoms with Gasteiger partial charge in [-0.05, 0) is 81.5 Å².